The van der Waals surface area contributed by atoms with Gasteiger partial charge >= 0.3 is 0 Å². The van der Waals surface area contributed by atoms with Gasteiger partial charge in [-0.15, -0.1) is 0 Å². The molecule has 5 aromatic carbocycles. The Morgan fingerprint density at radius 3 is 1.85 bits per heavy atom. The lowest BCUT2D eigenvalue weighted by Gasteiger charge is -2.14. The number of aromatic nitrogens is 1. The Balaban J connectivity index is 1.60. The molecule has 0 N–H and O–H groups in total. The quantitative estimate of drug-likeness (QED) is 0.249. The number of nitrogens with zero attached hydrogens (tertiary/aromatic N) is 1. The zero-order valence-electron chi connectivity index (χ0n) is 17.9. The van der Waals surface area contributed by atoms with Crippen LogP contribution in [0.1, 0.15) is 0 Å². The van der Waals surface area contributed by atoms with Crippen molar-refractivity contribution < 1.29 is 0 Å². The molecule has 6 aromatic rings. The third-order valence-electron chi connectivity index (χ3n) is 6.15. The fourth-order valence-corrected chi connectivity index (χ4v) is 4.67. The van der Waals surface area contributed by atoms with Crippen LogP contribution >= 0.6 is 11.6 Å². The first-order valence-corrected chi connectivity index (χ1v) is 11.4. The van der Waals surface area contributed by atoms with Crippen molar-refractivity contribution in [1.82, 2.24) is 4.98 Å². The van der Waals surface area contributed by atoms with E-state index in [2.05, 4.69) is 97.1 Å². The zero-order chi connectivity index (χ0) is 22.2. The standard InChI is InChI=1S/C31H20ClN/c32-25-19-17-23(18-20-25)26-10-6-11-28-30(26)27-9-4-5-12-29(27)33-31(28)24-15-13-22(14-16-24)21-7-2-1-3-8-21/h1-20H. The SMILES string of the molecule is Clc1ccc(-c2cccc3c(-c4ccc(-c5ccccc5)cc4)nc4ccccc4c23)cc1. The smallest absolute Gasteiger partial charge is 0.0788 e. The minimum atomic E-state index is 0.740. The molecular weight excluding hydrogens is 422 g/mol. The Labute approximate surface area is 197 Å². The molecule has 0 radical (unpaired) electrons. The second-order valence-corrected chi connectivity index (χ2v) is 8.59. The predicted octanol–water partition coefficient (Wildman–Crippen LogP) is 9.04. The molecular formula is C31H20ClN. The molecule has 1 heterocycles. The highest BCUT2D eigenvalue weighted by molar-refractivity contribution is 6.30. The summed E-state index contributed by atoms with van der Waals surface area (Å²) >= 11 is 6.16. The van der Waals surface area contributed by atoms with Gasteiger partial charge in [-0.1, -0.05) is 115 Å². The minimum absolute atomic E-state index is 0.740. The van der Waals surface area contributed by atoms with Crippen LogP contribution in [0.4, 0.5) is 0 Å². The first-order valence-electron chi connectivity index (χ1n) is 11.0. The molecule has 0 aliphatic rings. The number of halogens is 1. The van der Waals surface area contributed by atoms with Gasteiger partial charge in [-0.05, 0) is 40.5 Å². The summed E-state index contributed by atoms with van der Waals surface area (Å²) in [6.07, 6.45) is 0. The first kappa shape index (κ1) is 19.7. The van der Waals surface area contributed by atoms with Crippen LogP contribution in [0.15, 0.2) is 121 Å². The molecule has 156 valence electrons. The summed E-state index contributed by atoms with van der Waals surface area (Å²) in [4.78, 5) is 5.10. The summed E-state index contributed by atoms with van der Waals surface area (Å²) in [5.41, 5.74) is 7.85. The van der Waals surface area contributed by atoms with Crippen LogP contribution in [0.25, 0.3) is 55.2 Å². The van der Waals surface area contributed by atoms with Crippen LogP contribution in [0.5, 0.6) is 0 Å². The highest BCUT2D eigenvalue weighted by Crippen LogP contribution is 2.39. The summed E-state index contributed by atoms with van der Waals surface area (Å²) in [5, 5.41) is 4.26. The van der Waals surface area contributed by atoms with Crippen molar-refractivity contribution in [3.05, 3.63) is 126 Å². The number of rotatable bonds is 3. The number of hydrogen-bond acceptors (Lipinski definition) is 1. The van der Waals surface area contributed by atoms with Gasteiger partial charge in [-0.25, -0.2) is 4.98 Å². The van der Waals surface area contributed by atoms with E-state index in [9.17, 15) is 0 Å². The maximum atomic E-state index is 6.16. The fraction of sp³-hybridized carbons (Fsp3) is 0. The number of para-hydroxylation sites is 1. The van der Waals surface area contributed by atoms with E-state index in [-0.39, 0.29) is 0 Å². The van der Waals surface area contributed by atoms with E-state index >= 15 is 0 Å². The van der Waals surface area contributed by atoms with Crippen LogP contribution in [0, 0.1) is 0 Å². The van der Waals surface area contributed by atoms with Gasteiger partial charge in [0.2, 0.25) is 0 Å². The van der Waals surface area contributed by atoms with E-state index < -0.39 is 0 Å². The summed E-state index contributed by atoms with van der Waals surface area (Å²) in [5.74, 6) is 0. The Bertz CT molecular complexity index is 1590. The van der Waals surface area contributed by atoms with Crippen LogP contribution in [-0.4, -0.2) is 4.98 Å². The molecule has 33 heavy (non-hydrogen) atoms. The molecule has 1 nitrogen and oxygen atoms in total. The number of hydrogen-bond donors (Lipinski definition) is 0. The van der Waals surface area contributed by atoms with Gasteiger partial charge in [-0.2, -0.15) is 0 Å². The molecule has 2 heteroatoms. The van der Waals surface area contributed by atoms with E-state index in [4.69, 9.17) is 16.6 Å². The summed E-state index contributed by atoms with van der Waals surface area (Å²) < 4.78 is 0. The third-order valence-corrected chi connectivity index (χ3v) is 6.40. The van der Waals surface area contributed by atoms with Crippen LogP contribution < -0.4 is 0 Å². The zero-order valence-corrected chi connectivity index (χ0v) is 18.6. The Kier molecular flexibility index (Phi) is 4.90. The van der Waals surface area contributed by atoms with Crippen molar-refractivity contribution in [2.45, 2.75) is 0 Å². The molecule has 0 saturated heterocycles. The Hall–Kier alpha value is -3.94. The van der Waals surface area contributed by atoms with E-state index in [0.717, 1.165) is 38.1 Å². The van der Waals surface area contributed by atoms with E-state index in [0.29, 0.717) is 0 Å². The maximum Gasteiger partial charge on any atom is 0.0788 e. The van der Waals surface area contributed by atoms with Crippen molar-refractivity contribution in [3.8, 4) is 33.5 Å². The molecule has 0 unspecified atom stereocenters. The summed E-state index contributed by atoms with van der Waals surface area (Å²) in [7, 11) is 0. The summed E-state index contributed by atoms with van der Waals surface area (Å²) in [6.45, 7) is 0. The molecule has 0 atom stereocenters. The molecule has 0 amide bonds. The largest absolute Gasteiger partial charge is 0.247 e. The average molecular weight is 442 g/mol. The first-order chi connectivity index (χ1) is 16.3. The van der Waals surface area contributed by atoms with Gasteiger partial charge < -0.3 is 0 Å². The fourth-order valence-electron chi connectivity index (χ4n) is 4.54. The van der Waals surface area contributed by atoms with Gasteiger partial charge in [0.05, 0.1) is 11.2 Å². The van der Waals surface area contributed by atoms with Gasteiger partial charge in [-0.3, -0.25) is 0 Å². The van der Waals surface area contributed by atoms with Gasteiger partial charge in [0.15, 0.2) is 0 Å². The molecule has 0 aliphatic heterocycles. The normalized spacial score (nSPS) is 11.2. The molecule has 0 fully saturated rings. The van der Waals surface area contributed by atoms with Gasteiger partial charge in [0.1, 0.15) is 0 Å². The van der Waals surface area contributed by atoms with E-state index in [1.165, 1.54) is 22.1 Å². The highest BCUT2D eigenvalue weighted by atomic mass is 35.5. The molecule has 0 saturated carbocycles. The Morgan fingerprint density at radius 2 is 1.06 bits per heavy atom. The van der Waals surface area contributed by atoms with Gasteiger partial charge in [0, 0.05) is 26.7 Å². The number of pyridine rings is 1. The number of fused-ring (bicyclic) bond motifs is 3. The van der Waals surface area contributed by atoms with Crippen molar-refractivity contribution in [1.29, 1.82) is 0 Å². The highest BCUT2D eigenvalue weighted by Gasteiger charge is 2.14. The van der Waals surface area contributed by atoms with Crippen LogP contribution in [0.2, 0.25) is 5.02 Å². The lowest BCUT2D eigenvalue weighted by atomic mass is 9.92. The molecule has 0 spiro atoms. The van der Waals surface area contributed by atoms with Crippen molar-refractivity contribution in [3.63, 3.8) is 0 Å². The van der Waals surface area contributed by atoms with Crippen molar-refractivity contribution in [2.75, 3.05) is 0 Å². The second-order valence-electron chi connectivity index (χ2n) is 8.16. The van der Waals surface area contributed by atoms with Gasteiger partial charge in [0.25, 0.3) is 0 Å². The van der Waals surface area contributed by atoms with Crippen LogP contribution in [0.3, 0.4) is 0 Å². The topological polar surface area (TPSA) is 12.9 Å². The maximum absolute atomic E-state index is 6.16. The minimum Gasteiger partial charge on any atom is -0.247 e. The van der Waals surface area contributed by atoms with Crippen molar-refractivity contribution in [2.24, 2.45) is 0 Å². The van der Waals surface area contributed by atoms with E-state index in [1.807, 2.05) is 24.3 Å². The molecule has 0 bridgehead atoms. The lowest BCUT2D eigenvalue weighted by molar-refractivity contribution is 1.43. The lowest BCUT2D eigenvalue weighted by Crippen LogP contribution is -1.92. The summed E-state index contributed by atoms with van der Waals surface area (Å²) in [6, 6.07) is 42.1. The predicted molar refractivity (Wildman–Crippen MR) is 141 cm³/mol. The van der Waals surface area contributed by atoms with Crippen molar-refractivity contribution >= 4 is 33.3 Å². The number of benzene rings is 5. The third kappa shape index (κ3) is 3.57. The van der Waals surface area contributed by atoms with Crippen LogP contribution in [-0.2, 0) is 0 Å². The second kappa shape index (κ2) is 8.20. The molecule has 0 aliphatic carbocycles. The molecule has 1 aromatic heterocycles. The average Bonchev–Trinajstić information content (AvgIpc) is 2.89. The monoisotopic (exact) mass is 441 g/mol. The molecule has 6 rings (SSSR count). The van der Waals surface area contributed by atoms with E-state index in [1.54, 1.807) is 0 Å². The Morgan fingerprint density at radius 1 is 0.455 bits per heavy atom.